The van der Waals surface area contributed by atoms with Crippen LogP contribution in [0.3, 0.4) is 0 Å². The van der Waals surface area contributed by atoms with Gasteiger partial charge in [-0.1, -0.05) is 18.2 Å². The Kier molecular flexibility index (Phi) is 4.99. The molecule has 0 fully saturated rings. The molecule has 0 radical (unpaired) electrons. The molecule has 0 saturated carbocycles. The molecule has 20 heavy (non-hydrogen) atoms. The van der Waals surface area contributed by atoms with E-state index in [0.717, 1.165) is 18.8 Å². The van der Waals surface area contributed by atoms with E-state index in [1.54, 1.807) is 7.11 Å². The Hall–Kier alpha value is -1.58. The number of hydrogen-bond acceptors (Lipinski definition) is 3. The summed E-state index contributed by atoms with van der Waals surface area (Å²) in [6, 6.07) is 13.3. The van der Waals surface area contributed by atoms with Crippen molar-refractivity contribution in [2.75, 3.05) is 27.7 Å². The molecule has 1 unspecified atom stereocenters. The molecule has 3 heteroatoms. The summed E-state index contributed by atoms with van der Waals surface area (Å²) < 4.78 is 5.25. The number of nitrogens with one attached hydrogen (secondary N) is 1. The minimum Gasteiger partial charge on any atom is -0.497 e. The fourth-order valence-corrected chi connectivity index (χ4v) is 2.12. The van der Waals surface area contributed by atoms with E-state index in [9.17, 15) is 0 Å². The van der Waals surface area contributed by atoms with Gasteiger partial charge in [-0.2, -0.15) is 0 Å². The highest BCUT2D eigenvalue weighted by Crippen LogP contribution is 2.21. The molecule has 1 N–H and O–H groups in total. The minimum atomic E-state index is 0.541. The van der Waals surface area contributed by atoms with Gasteiger partial charge in [0, 0.05) is 19.1 Å². The third kappa shape index (κ3) is 3.71. The van der Waals surface area contributed by atoms with E-state index >= 15 is 0 Å². The zero-order valence-electron chi connectivity index (χ0n) is 12.8. The first-order valence-corrected chi connectivity index (χ1v) is 7.04. The van der Waals surface area contributed by atoms with E-state index in [2.05, 4.69) is 61.6 Å². The fourth-order valence-electron chi connectivity index (χ4n) is 2.12. The summed E-state index contributed by atoms with van der Waals surface area (Å²) in [7, 11) is 5.91. The Morgan fingerprint density at radius 3 is 2.50 bits per heavy atom. The number of ether oxygens (including phenoxy) is 1. The molecular formula is C17H24N2O. The van der Waals surface area contributed by atoms with Crippen LogP contribution in [-0.2, 0) is 6.54 Å². The quantitative estimate of drug-likeness (QED) is 0.875. The van der Waals surface area contributed by atoms with Gasteiger partial charge in [-0.15, -0.1) is 0 Å². The van der Waals surface area contributed by atoms with Crippen LogP contribution in [0.4, 0.5) is 0 Å². The van der Waals surface area contributed by atoms with Crippen molar-refractivity contribution in [1.82, 2.24) is 10.2 Å². The first kappa shape index (κ1) is 14.8. The molecule has 0 aromatic heterocycles. The molecule has 1 atom stereocenters. The number of nitrogens with zero attached hydrogens (tertiary/aromatic N) is 1. The normalized spacial score (nSPS) is 12.8. The van der Waals surface area contributed by atoms with Crippen LogP contribution in [0.25, 0.3) is 10.8 Å². The van der Waals surface area contributed by atoms with Crippen molar-refractivity contribution in [2.24, 2.45) is 0 Å². The summed E-state index contributed by atoms with van der Waals surface area (Å²) in [6.07, 6.45) is 0. The van der Waals surface area contributed by atoms with Gasteiger partial charge in [0.25, 0.3) is 0 Å². The highest BCUT2D eigenvalue weighted by Gasteiger charge is 2.04. The smallest absolute Gasteiger partial charge is 0.119 e. The molecule has 0 amide bonds. The first-order valence-electron chi connectivity index (χ1n) is 7.04. The summed E-state index contributed by atoms with van der Waals surface area (Å²) in [6.45, 7) is 4.12. The first-order chi connectivity index (χ1) is 9.60. The summed E-state index contributed by atoms with van der Waals surface area (Å²) in [5.41, 5.74) is 1.31. The molecule has 0 aliphatic carbocycles. The standard InChI is InChI=1S/C17H24N2O/c1-13(19(2)3)11-18-12-14-5-6-16-10-17(20-4)8-7-15(16)9-14/h5-10,13,18H,11-12H2,1-4H3. The number of benzene rings is 2. The largest absolute Gasteiger partial charge is 0.497 e. The lowest BCUT2D eigenvalue weighted by Crippen LogP contribution is -2.35. The highest BCUT2D eigenvalue weighted by molar-refractivity contribution is 5.84. The van der Waals surface area contributed by atoms with Gasteiger partial charge in [0.15, 0.2) is 0 Å². The Bertz CT molecular complexity index is 566. The van der Waals surface area contributed by atoms with Crippen LogP contribution < -0.4 is 10.1 Å². The van der Waals surface area contributed by atoms with Crippen molar-refractivity contribution < 1.29 is 4.74 Å². The molecule has 2 aromatic rings. The van der Waals surface area contributed by atoms with Gasteiger partial charge in [-0.05, 0) is 55.6 Å². The van der Waals surface area contributed by atoms with Gasteiger partial charge in [0.2, 0.25) is 0 Å². The second-order valence-electron chi connectivity index (χ2n) is 5.49. The lowest BCUT2D eigenvalue weighted by molar-refractivity contribution is 0.302. The van der Waals surface area contributed by atoms with Crippen LogP contribution in [0.5, 0.6) is 5.75 Å². The SMILES string of the molecule is COc1ccc2cc(CNCC(C)N(C)C)ccc2c1. The third-order valence-corrected chi connectivity index (χ3v) is 3.76. The molecule has 0 saturated heterocycles. The minimum absolute atomic E-state index is 0.541. The summed E-state index contributed by atoms with van der Waals surface area (Å²) in [5.74, 6) is 0.906. The van der Waals surface area contributed by atoms with Gasteiger partial charge >= 0.3 is 0 Å². The Balaban J connectivity index is 2.01. The van der Waals surface area contributed by atoms with E-state index in [1.807, 2.05) is 6.07 Å². The predicted octanol–water partition coefficient (Wildman–Crippen LogP) is 2.89. The average Bonchev–Trinajstić information content (AvgIpc) is 2.46. The van der Waals surface area contributed by atoms with Crippen molar-refractivity contribution in [1.29, 1.82) is 0 Å². The van der Waals surface area contributed by atoms with E-state index < -0.39 is 0 Å². The summed E-state index contributed by atoms with van der Waals surface area (Å²) in [4.78, 5) is 2.22. The number of methoxy groups -OCH3 is 1. The van der Waals surface area contributed by atoms with Gasteiger partial charge in [-0.3, -0.25) is 0 Å². The number of fused-ring (bicyclic) bond motifs is 1. The number of rotatable bonds is 6. The zero-order chi connectivity index (χ0) is 14.5. The van der Waals surface area contributed by atoms with Crippen LogP contribution in [0.15, 0.2) is 36.4 Å². The fraction of sp³-hybridized carbons (Fsp3) is 0.412. The van der Waals surface area contributed by atoms with Crippen LogP contribution >= 0.6 is 0 Å². The Morgan fingerprint density at radius 1 is 1.10 bits per heavy atom. The zero-order valence-corrected chi connectivity index (χ0v) is 12.8. The van der Waals surface area contributed by atoms with E-state index in [1.165, 1.54) is 16.3 Å². The number of hydrogen-bond donors (Lipinski definition) is 1. The van der Waals surface area contributed by atoms with Crippen molar-refractivity contribution in [3.8, 4) is 5.75 Å². The van der Waals surface area contributed by atoms with E-state index in [0.29, 0.717) is 6.04 Å². The van der Waals surface area contributed by atoms with Crippen LogP contribution in [0.1, 0.15) is 12.5 Å². The second-order valence-corrected chi connectivity index (χ2v) is 5.49. The molecule has 0 aliphatic heterocycles. The molecule has 0 spiro atoms. The van der Waals surface area contributed by atoms with Gasteiger partial charge in [0.05, 0.1) is 7.11 Å². The van der Waals surface area contributed by atoms with Crippen molar-refractivity contribution in [3.05, 3.63) is 42.0 Å². The second kappa shape index (κ2) is 6.73. The molecule has 0 heterocycles. The number of likely N-dealkylation sites (N-methyl/N-ethyl adjacent to an activating group) is 1. The molecule has 3 nitrogen and oxygen atoms in total. The van der Waals surface area contributed by atoms with Crippen molar-refractivity contribution in [2.45, 2.75) is 19.5 Å². The lowest BCUT2D eigenvalue weighted by Gasteiger charge is -2.20. The average molecular weight is 272 g/mol. The van der Waals surface area contributed by atoms with E-state index in [4.69, 9.17) is 4.74 Å². The molecule has 2 aromatic carbocycles. The molecule has 2 rings (SSSR count). The van der Waals surface area contributed by atoms with Crippen LogP contribution in [-0.4, -0.2) is 38.7 Å². The molecule has 0 bridgehead atoms. The topological polar surface area (TPSA) is 24.5 Å². The maximum Gasteiger partial charge on any atom is 0.119 e. The summed E-state index contributed by atoms with van der Waals surface area (Å²) >= 11 is 0. The maximum atomic E-state index is 5.25. The molecule has 0 aliphatic rings. The van der Waals surface area contributed by atoms with Gasteiger partial charge in [0.1, 0.15) is 5.75 Å². The molecular weight excluding hydrogens is 248 g/mol. The third-order valence-electron chi connectivity index (χ3n) is 3.76. The van der Waals surface area contributed by atoms with Crippen LogP contribution in [0.2, 0.25) is 0 Å². The van der Waals surface area contributed by atoms with Crippen molar-refractivity contribution >= 4 is 10.8 Å². The van der Waals surface area contributed by atoms with Gasteiger partial charge < -0.3 is 15.0 Å². The Morgan fingerprint density at radius 2 is 1.80 bits per heavy atom. The summed E-state index contributed by atoms with van der Waals surface area (Å²) in [5, 5.41) is 5.98. The van der Waals surface area contributed by atoms with Gasteiger partial charge in [-0.25, -0.2) is 0 Å². The van der Waals surface area contributed by atoms with Crippen molar-refractivity contribution in [3.63, 3.8) is 0 Å². The lowest BCUT2D eigenvalue weighted by atomic mass is 10.1. The maximum absolute atomic E-state index is 5.25. The van der Waals surface area contributed by atoms with Crippen LogP contribution in [0, 0.1) is 0 Å². The monoisotopic (exact) mass is 272 g/mol. The Labute approximate surface area is 121 Å². The highest BCUT2D eigenvalue weighted by atomic mass is 16.5. The molecule has 108 valence electrons. The van der Waals surface area contributed by atoms with E-state index in [-0.39, 0.29) is 0 Å². The predicted molar refractivity (Wildman–Crippen MR) is 85.4 cm³/mol.